The predicted octanol–water partition coefficient (Wildman–Crippen LogP) is 4.74. The number of carbonyl (C=O) groups excluding carboxylic acids is 2. The summed E-state index contributed by atoms with van der Waals surface area (Å²) in [5.74, 6) is -0.407. The van der Waals surface area contributed by atoms with Gasteiger partial charge in [-0.1, -0.05) is 53.0 Å². The molecule has 2 amide bonds. The normalized spacial score (nSPS) is 11.7. The third-order valence-corrected chi connectivity index (χ3v) is 4.98. The summed E-state index contributed by atoms with van der Waals surface area (Å²) < 4.78 is 0. The highest BCUT2D eigenvalue weighted by atomic mass is 35.5. The van der Waals surface area contributed by atoms with Gasteiger partial charge in [0, 0.05) is 28.2 Å². The lowest BCUT2D eigenvalue weighted by molar-refractivity contribution is -0.140. The molecule has 27 heavy (non-hydrogen) atoms. The lowest BCUT2D eigenvalue weighted by atomic mass is 10.1. The highest BCUT2D eigenvalue weighted by Gasteiger charge is 2.26. The summed E-state index contributed by atoms with van der Waals surface area (Å²) in [5.41, 5.74) is 1.54. The molecule has 1 N–H and O–H groups in total. The summed E-state index contributed by atoms with van der Waals surface area (Å²) in [4.78, 5) is 26.9. The molecule has 0 aliphatic rings. The molecular formula is C20H21Cl3N2O2. The van der Waals surface area contributed by atoms with E-state index in [0.29, 0.717) is 33.7 Å². The van der Waals surface area contributed by atoms with Crippen molar-refractivity contribution in [3.63, 3.8) is 0 Å². The maximum Gasteiger partial charge on any atom is 0.242 e. The molecule has 0 radical (unpaired) electrons. The Balaban J connectivity index is 2.25. The van der Waals surface area contributed by atoms with E-state index >= 15 is 0 Å². The molecule has 0 spiro atoms. The van der Waals surface area contributed by atoms with Gasteiger partial charge in [-0.25, -0.2) is 0 Å². The first-order chi connectivity index (χ1) is 12.8. The second-order valence-corrected chi connectivity index (χ2v) is 7.41. The summed E-state index contributed by atoms with van der Waals surface area (Å²) in [6.45, 7) is 4.33. The van der Waals surface area contributed by atoms with Crippen molar-refractivity contribution >= 4 is 46.6 Å². The van der Waals surface area contributed by atoms with Crippen molar-refractivity contribution in [3.8, 4) is 0 Å². The topological polar surface area (TPSA) is 49.4 Å². The number of nitrogens with one attached hydrogen (secondary N) is 1. The molecule has 2 aromatic carbocycles. The zero-order valence-corrected chi connectivity index (χ0v) is 17.4. The van der Waals surface area contributed by atoms with Gasteiger partial charge in [0.2, 0.25) is 11.8 Å². The molecule has 144 valence electrons. The maximum absolute atomic E-state index is 13.0. The quantitative estimate of drug-likeness (QED) is 0.693. The summed E-state index contributed by atoms with van der Waals surface area (Å²) >= 11 is 18.1. The van der Waals surface area contributed by atoms with Crippen LogP contribution in [0.1, 0.15) is 25.0 Å². The van der Waals surface area contributed by atoms with Crippen LogP contribution in [-0.4, -0.2) is 29.3 Å². The Morgan fingerprint density at radius 2 is 1.67 bits per heavy atom. The lowest BCUT2D eigenvalue weighted by Crippen LogP contribution is -2.48. The van der Waals surface area contributed by atoms with Crippen molar-refractivity contribution in [2.75, 3.05) is 6.54 Å². The Hall–Kier alpha value is -1.75. The smallest absolute Gasteiger partial charge is 0.242 e. The zero-order valence-electron chi connectivity index (χ0n) is 15.1. The van der Waals surface area contributed by atoms with Crippen LogP contribution < -0.4 is 5.32 Å². The summed E-state index contributed by atoms with van der Waals surface area (Å²) in [6, 6.07) is 11.6. The molecule has 0 bridgehead atoms. The van der Waals surface area contributed by atoms with Crippen molar-refractivity contribution < 1.29 is 9.59 Å². The van der Waals surface area contributed by atoms with Crippen LogP contribution in [0.3, 0.4) is 0 Å². The van der Waals surface area contributed by atoms with E-state index in [1.54, 1.807) is 42.2 Å². The van der Waals surface area contributed by atoms with E-state index in [4.69, 9.17) is 34.8 Å². The van der Waals surface area contributed by atoms with E-state index in [2.05, 4.69) is 5.32 Å². The number of hydrogen-bond donors (Lipinski definition) is 1. The monoisotopic (exact) mass is 426 g/mol. The first kappa shape index (κ1) is 21.5. The van der Waals surface area contributed by atoms with Gasteiger partial charge in [0.25, 0.3) is 0 Å². The van der Waals surface area contributed by atoms with Gasteiger partial charge in [0.05, 0.1) is 6.42 Å². The highest BCUT2D eigenvalue weighted by molar-refractivity contribution is 6.35. The summed E-state index contributed by atoms with van der Waals surface area (Å²) in [5, 5.41) is 4.30. The number of nitrogens with zero attached hydrogens (tertiary/aromatic N) is 1. The second kappa shape index (κ2) is 9.98. The Kier molecular flexibility index (Phi) is 7.96. The Morgan fingerprint density at radius 1 is 1.04 bits per heavy atom. The van der Waals surface area contributed by atoms with E-state index in [-0.39, 0.29) is 18.2 Å². The van der Waals surface area contributed by atoms with Crippen molar-refractivity contribution in [3.05, 3.63) is 68.7 Å². The van der Waals surface area contributed by atoms with Gasteiger partial charge in [-0.3, -0.25) is 9.59 Å². The Labute approximate surface area is 174 Å². The molecule has 0 aromatic heterocycles. The summed E-state index contributed by atoms with van der Waals surface area (Å²) in [6.07, 6.45) is 0.0767. The van der Waals surface area contributed by atoms with Crippen LogP contribution in [0.5, 0.6) is 0 Å². The fourth-order valence-corrected chi connectivity index (χ4v) is 3.22. The minimum absolute atomic E-state index is 0.0767. The average Bonchev–Trinajstić information content (AvgIpc) is 2.63. The third kappa shape index (κ3) is 6.13. The highest BCUT2D eigenvalue weighted by Crippen LogP contribution is 2.23. The van der Waals surface area contributed by atoms with E-state index < -0.39 is 6.04 Å². The van der Waals surface area contributed by atoms with Gasteiger partial charge in [-0.2, -0.15) is 0 Å². The fraction of sp³-hybridized carbons (Fsp3) is 0.300. The molecule has 0 aliphatic carbocycles. The number of carbonyl (C=O) groups is 2. The first-order valence-electron chi connectivity index (χ1n) is 8.57. The van der Waals surface area contributed by atoms with Crippen LogP contribution in [0.25, 0.3) is 0 Å². The second-order valence-electron chi connectivity index (χ2n) is 6.13. The number of amides is 2. The zero-order chi connectivity index (χ0) is 20.0. The summed E-state index contributed by atoms with van der Waals surface area (Å²) in [7, 11) is 0. The number of likely N-dealkylation sites (N-methyl/N-ethyl adjacent to an activating group) is 1. The average molecular weight is 428 g/mol. The van der Waals surface area contributed by atoms with Crippen molar-refractivity contribution in [1.82, 2.24) is 10.2 Å². The molecule has 4 nitrogen and oxygen atoms in total. The van der Waals surface area contributed by atoms with Gasteiger partial charge in [0.1, 0.15) is 6.04 Å². The maximum atomic E-state index is 13.0. The molecule has 0 aliphatic heterocycles. The van der Waals surface area contributed by atoms with E-state index in [1.807, 2.05) is 19.1 Å². The molecule has 7 heteroatoms. The molecule has 0 fully saturated rings. The number of hydrogen-bond acceptors (Lipinski definition) is 2. The van der Waals surface area contributed by atoms with E-state index in [9.17, 15) is 9.59 Å². The van der Waals surface area contributed by atoms with Crippen LogP contribution in [0.4, 0.5) is 0 Å². The van der Waals surface area contributed by atoms with Crippen molar-refractivity contribution in [2.24, 2.45) is 0 Å². The minimum Gasteiger partial charge on any atom is -0.355 e. The van der Waals surface area contributed by atoms with Crippen molar-refractivity contribution in [1.29, 1.82) is 0 Å². The predicted molar refractivity (Wildman–Crippen MR) is 110 cm³/mol. The number of rotatable bonds is 7. The third-order valence-electron chi connectivity index (χ3n) is 4.14. The van der Waals surface area contributed by atoms with Gasteiger partial charge in [0.15, 0.2) is 0 Å². The first-order valence-corrected chi connectivity index (χ1v) is 9.70. The Bertz CT molecular complexity index is 809. The molecule has 0 heterocycles. The molecular weight excluding hydrogens is 407 g/mol. The largest absolute Gasteiger partial charge is 0.355 e. The van der Waals surface area contributed by atoms with Crippen LogP contribution in [0.15, 0.2) is 42.5 Å². The molecule has 0 saturated heterocycles. The lowest BCUT2D eigenvalue weighted by Gasteiger charge is -2.29. The molecule has 0 unspecified atom stereocenters. The number of benzene rings is 2. The standard InChI is InChI=1S/C20H21Cl3N2O2/c1-3-24-20(27)13(2)25(12-14-4-7-16(21)8-5-14)19(26)10-15-6-9-17(22)11-18(15)23/h4-9,11,13H,3,10,12H2,1-2H3,(H,24,27)/t13-/m0/s1. The SMILES string of the molecule is CCNC(=O)[C@H](C)N(Cc1ccc(Cl)cc1)C(=O)Cc1ccc(Cl)cc1Cl. The molecule has 2 aromatic rings. The molecule has 2 rings (SSSR count). The minimum atomic E-state index is -0.626. The van der Waals surface area contributed by atoms with Crippen molar-refractivity contribution in [2.45, 2.75) is 32.9 Å². The van der Waals surface area contributed by atoms with E-state index in [1.165, 1.54) is 0 Å². The van der Waals surface area contributed by atoms with Gasteiger partial charge >= 0.3 is 0 Å². The van der Waals surface area contributed by atoms with Crippen LogP contribution in [0.2, 0.25) is 15.1 Å². The molecule has 1 atom stereocenters. The van der Waals surface area contributed by atoms with Crippen LogP contribution in [-0.2, 0) is 22.6 Å². The van der Waals surface area contributed by atoms with E-state index in [0.717, 1.165) is 5.56 Å². The fourth-order valence-electron chi connectivity index (χ4n) is 2.62. The van der Waals surface area contributed by atoms with Crippen LogP contribution in [0, 0.1) is 0 Å². The Morgan fingerprint density at radius 3 is 2.26 bits per heavy atom. The number of halogens is 3. The van der Waals surface area contributed by atoms with Gasteiger partial charge in [-0.15, -0.1) is 0 Å². The van der Waals surface area contributed by atoms with Crippen LogP contribution >= 0.6 is 34.8 Å². The van der Waals surface area contributed by atoms with Gasteiger partial charge < -0.3 is 10.2 Å². The molecule has 0 saturated carbocycles. The van der Waals surface area contributed by atoms with Gasteiger partial charge in [-0.05, 0) is 49.2 Å².